The lowest BCUT2D eigenvalue weighted by molar-refractivity contribution is 0.517. The summed E-state index contributed by atoms with van der Waals surface area (Å²) in [5, 5.41) is -0.885. The average Bonchev–Trinajstić information content (AvgIpc) is 1.95. The highest BCUT2D eigenvalue weighted by atomic mass is 31.2. The van der Waals surface area contributed by atoms with E-state index in [-0.39, 0.29) is 15.5 Å². The van der Waals surface area contributed by atoms with Crippen molar-refractivity contribution < 1.29 is 9.13 Å². The van der Waals surface area contributed by atoms with E-state index < -0.39 is 14.3 Å². The predicted molar refractivity (Wildman–Crippen MR) is 85.3 cm³/mol. The van der Waals surface area contributed by atoms with E-state index in [9.17, 15) is 9.13 Å². The van der Waals surface area contributed by atoms with Crippen molar-refractivity contribution >= 4 is 14.3 Å². The zero-order valence-electron chi connectivity index (χ0n) is 13.9. The van der Waals surface area contributed by atoms with Gasteiger partial charge in [-0.25, -0.2) is 0 Å². The van der Waals surface area contributed by atoms with Crippen LogP contribution in [0.2, 0.25) is 0 Å². The van der Waals surface area contributed by atoms with Crippen LogP contribution in [-0.4, -0.2) is 28.0 Å². The first-order valence-corrected chi connectivity index (χ1v) is 10.8. The molecule has 0 heterocycles. The van der Waals surface area contributed by atoms with E-state index in [1.165, 1.54) is 0 Å². The molecule has 0 fully saturated rings. The molecule has 0 unspecified atom stereocenters. The molecule has 4 heteroatoms. The van der Waals surface area contributed by atoms with E-state index in [2.05, 4.69) is 0 Å². The number of rotatable bonds is 2. The zero-order valence-corrected chi connectivity index (χ0v) is 15.7. The molecular formula is C14H32O2P2. The fourth-order valence-electron chi connectivity index (χ4n) is 2.02. The fraction of sp³-hybridized carbons (Fsp3) is 1.00. The van der Waals surface area contributed by atoms with Gasteiger partial charge in [0.25, 0.3) is 0 Å². The Morgan fingerprint density at radius 3 is 1.11 bits per heavy atom. The molecule has 0 aliphatic rings. The molecule has 0 N–H and O–H groups in total. The van der Waals surface area contributed by atoms with Crippen molar-refractivity contribution in [3.63, 3.8) is 0 Å². The Bertz CT molecular complexity index is 371. The smallest absolute Gasteiger partial charge is 0.105 e. The number of hydrogen-bond acceptors (Lipinski definition) is 2. The molecule has 0 aliphatic heterocycles. The summed E-state index contributed by atoms with van der Waals surface area (Å²) in [6, 6.07) is 0. The second kappa shape index (κ2) is 4.78. The molecule has 0 spiro atoms. The van der Waals surface area contributed by atoms with Gasteiger partial charge in [0.2, 0.25) is 0 Å². The monoisotopic (exact) mass is 294 g/mol. The first-order chi connectivity index (χ1) is 7.46. The summed E-state index contributed by atoms with van der Waals surface area (Å²) in [6.07, 6.45) is 0. The molecule has 18 heavy (non-hydrogen) atoms. The maximum Gasteiger partial charge on any atom is 0.105 e. The molecule has 1 atom stereocenters. The molecular weight excluding hydrogens is 262 g/mol. The third kappa shape index (κ3) is 3.51. The zero-order chi connectivity index (χ0) is 15.2. The highest BCUT2D eigenvalue weighted by molar-refractivity contribution is 7.82. The minimum absolute atomic E-state index is 0.279. The van der Waals surface area contributed by atoms with Crippen LogP contribution in [0, 0.1) is 0 Å². The second-order valence-electron chi connectivity index (χ2n) is 8.49. The molecule has 0 bridgehead atoms. The van der Waals surface area contributed by atoms with Crippen molar-refractivity contribution in [2.24, 2.45) is 0 Å². The SMILES string of the molecule is CC(C)(C)P(=O)(C[P@@](C)(=O)C(C)(C)C)C(C)(C)C. The van der Waals surface area contributed by atoms with Crippen LogP contribution < -0.4 is 0 Å². The minimum atomic E-state index is -2.57. The maximum absolute atomic E-state index is 13.5. The Morgan fingerprint density at radius 2 is 0.944 bits per heavy atom. The van der Waals surface area contributed by atoms with Crippen molar-refractivity contribution in [1.29, 1.82) is 0 Å². The number of hydrogen-bond donors (Lipinski definition) is 0. The Morgan fingerprint density at radius 1 is 0.667 bits per heavy atom. The Labute approximate surface area is 114 Å². The topological polar surface area (TPSA) is 34.1 Å². The van der Waals surface area contributed by atoms with Crippen LogP contribution >= 0.6 is 14.3 Å². The first-order valence-electron chi connectivity index (χ1n) is 6.62. The maximum atomic E-state index is 13.5. The average molecular weight is 294 g/mol. The van der Waals surface area contributed by atoms with Gasteiger partial charge < -0.3 is 9.13 Å². The molecule has 0 aromatic rings. The highest BCUT2D eigenvalue weighted by Gasteiger charge is 2.50. The summed E-state index contributed by atoms with van der Waals surface area (Å²) < 4.78 is 26.5. The van der Waals surface area contributed by atoms with Gasteiger partial charge in [-0.1, -0.05) is 62.3 Å². The van der Waals surface area contributed by atoms with E-state index in [0.29, 0.717) is 5.90 Å². The molecule has 0 saturated heterocycles. The summed E-state index contributed by atoms with van der Waals surface area (Å²) in [4.78, 5) is 0. The third-order valence-corrected chi connectivity index (χ3v) is 15.0. The van der Waals surface area contributed by atoms with Crippen molar-refractivity contribution in [3.05, 3.63) is 0 Å². The van der Waals surface area contributed by atoms with Gasteiger partial charge in [-0.15, -0.1) is 0 Å². The fourth-order valence-corrected chi connectivity index (χ4v) is 12.2. The Hall–Kier alpha value is 0.460. The lowest BCUT2D eigenvalue weighted by Gasteiger charge is -2.44. The van der Waals surface area contributed by atoms with Crippen LogP contribution in [0.4, 0.5) is 0 Å². The van der Waals surface area contributed by atoms with Gasteiger partial charge in [-0.05, 0) is 6.66 Å². The molecule has 0 saturated carbocycles. The van der Waals surface area contributed by atoms with Crippen LogP contribution in [0.5, 0.6) is 0 Å². The van der Waals surface area contributed by atoms with Crippen LogP contribution in [0.3, 0.4) is 0 Å². The standard InChI is InChI=1S/C14H32O2P2/c1-12(2,3)17(10,15)11-18(16,13(4,5)6)14(7,8)9/h11H2,1-10H3/t17-/m1/s1. The van der Waals surface area contributed by atoms with Crippen LogP contribution in [0.15, 0.2) is 0 Å². The van der Waals surface area contributed by atoms with E-state index in [1.807, 2.05) is 69.0 Å². The van der Waals surface area contributed by atoms with Crippen LogP contribution in [0.1, 0.15) is 62.3 Å². The Kier molecular flexibility index (Phi) is 4.90. The third-order valence-electron chi connectivity index (χ3n) is 4.06. The van der Waals surface area contributed by atoms with Gasteiger partial charge in [0.05, 0.1) is 13.0 Å². The van der Waals surface area contributed by atoms with Gasteiger partial charge >= 0.3 is 0 Å². The van der Waals surface area contributed by atoms with Crippen LogP contribution in [0.25, 0.3) is 0 Å². The van der Waals surface area contributed by atoms with Crippen molar-refractivity contribution in [2.75, 3.05) is 12.6 Å². The van der Waals surface area contributed by atoms with Gasteiger partial charge in [0.15, 0.2) is 0 Å². The lowest BCUT2D eigenvalue weighted by Crippen LogP contribution is -2.32. The van der Waals surface area contributed by atoms with Gasteiger partial charge in [-0.3, -0.25) is 0 Å². The first kappa shape index (κ1) is 18.5. The second-order valence-corrected chi connectivity index (χ2v) is 17.3. The molecule has 0 rings (SSSR count). The minimum Gasteiger partial charge on any atom is -0.323 e. The summed E-state index contributed by atoms with van der Waals surface area (Å²) >= 11 is 0. The molecule has 0 radical (unpaired) electrons. The van der Waals surface area contributed by atoms with Crippen LogP contribution in [-0.2, 0) is 9.13 Å². The summed E-state index contributed by atoms with van der Waals surface area (Å²) in [5.74, 6) is 0.372. The van der Waals surface area contributed by atoms with Gasteiger partial charge in [0.1, 0.15) is 7.14 Å². The normalized spacial score (nSPS) is 18.6. The molecule has 0 aliphatic carbocycles. The molecule has 2 nitrogen and oxygen atoms in total. The molecule has 110 valence electrons. The molecule has 0 amide bonds. The Balaban J connectivity index is 5.75. The van der Waals surface area contributed by atoms with Gasteiger partial charge in [-0.2, -0.15) is 0 Å². The van der Waals surface area contributed by atoms with Crippen molar-refractivity contribution in [2.45, 2.75) is 77.8 Å². The van der Waals surface area contributed by atoms with E-state index in [1.54, 1.807) is 0 Å². The highest BCUT2D eigenvalue weighted by Crippen LogP contribution is 2.75. The molecule has 0 aromatic heterocycles. The van der Waals surface area contributed by atoms with Crippen molar-refractivity contribution in [3.8, 4) is 0 Å². The molecule has 0 aromatic carbocycles. The summed E-state index contributed by atoms with van der Waals surface area (Å²) in [5.41, 5.74) is 0. The van der Waals surface area contributed by atoms with E-state index in [4.69, 9.17) is 0 Å². The van der Waals surface area contributed by atoms with Crippen molar-refractivity contribution in [1.82, 2.24) is 0 Å². The lowest BCUT2D eigenvalue weighted by atomic mass is 10.2. The quantitative estimate of drug-likeness (QED) is 0.612. The predicted octanol–water partition coefficient (Wildman–Crippen LogP) is 5.70. The van der Waals surface area contributed by atoms with E-state index in [0.717, 1.165) is 0 Å². The summed E-state index contributed by atoms with van der Waals surface area (Å²) in [6.45, 7) is 19.9. The van der Waals surface area contributed by atoms with Gasteiger partial charge in [0, 0.05) is 15.5 Å². The van der Waals surface area contributed by atoms with E-state index >= 15 is 0 Å². The summed E-state index contributed by atoms with van der Waals surface area (Å²) in [7, 11) is -5.02. The largest absolute Gasteiger partial charge is 0.323 e.